The third-order valence-corrected chi connectivity index (χ3v) is 6.00. The third kappa shape index (κ3) is 5.32. The van der Waals surface area contributed by atoms with Crippen molar-refractivity contribution in [1.82, 2.24) is 15.0 Å². The van der Waals surface area contributed by atoms with E-state index in [0.717, 1.165) is 30.2 Å². The number of hydrogen-bond donors (Lipinski definition) is 1. The largest absolute Gasteiger partial charge is 0.497 e. The summed E-state index contributed by atoms with van der Waals surface area (Å²) in [5.41, 5.74) is 3.80. The number of ether oxygens (including phenoxy) is 4. The van der Waals surface area contributed by atoms with E-state index in [9.17, 15) is 5.26 Å². The Morgan fingerprint density at radius 2 is 1.84 bits per heavy atom. The molecule has 37 heavy (non-hydrogen) atoms. The van der Waals surface area contributed by atoms with Crippen LogP contribution >= 0.6 is 0 Å². The maximum absolute atomic E-state index is 9.99. The van der Waals surface area contributed by atoms with Crippen molar-refractivity contribution in [3.8, 4) is 23.4 Å². The molecule has 1 N–H and O–H groups in total. The lowest BCUT2D eigenvalue weighted by atomic mass is 10.1. The normalized spacial score (nSPS) is 13.2. The molecule has 188 valence electrons. The number of nitrogens with zero attached hydrogens (tertiary/aromatic N) is 5. The fraction of sp³-hybridized carbons (Fsp3) is 0.259. The molecule has 0 amide bonds. The highest BCUT2D eigenvalue weighted by Gasteiger charge is 2.17. The van der Waals surface area contributed by atoms with E-state index in [1.54, 1.807) is 32.7 Å². The van der Waals surface area contributed by atoms with Crippen LogP contribution < -0.4 is 24.4 Å². The standard InChI is InChI=1S/C27H26N6O4/c1-34-20-5-3-18(4-6-20)17-37-27-24(35-2)13-19(15-30-27)31-22-7-8-23-26(21(22)14-28)32-25(16-29-23)33-9-11-36-12-10-33/h3-8,13,15-16,31H,9-12,17H2,1-2H3. The number of benzene rings is 2. The lowest BCUT2D eigenvalue weighted by Crippen LogP contribution is -2.36. The van der Waals surface area contributed by atoms with Gasteiger partial charge in [0, 0.05) is 19.2 Å². The quantitative estimate of drug-likeness (QED) is 0.381. The minimum absolute atomic E-state index is 0.327. The monoisotopic (exact) mass is 498 g/mol. The van der Waals surface area contributed by atoms with E-state index < -0.39 is 0 Å². The van der Waals surface area contributed by atoms with Gasteiger partial charge in [-0.25, -0.2) is 9.97 Å². The van der Waals surface area contributed by atoms with Crippen LogP contribution in [0.3, 0.4) is 0 Å². The van der Waals surface area contributed by atoms with Crippen LogP contribution in [0.1, 0.15) is 11.1 Å². The van der Waals surface area contributed by atoms with Crippen molar-refractivity contribution in [3.63, 3.8) is 0 Å². The van der Waals surface area contributed by atoms with Gasteiger partial charge in [0.1, 0.15) is 35.3 Å². The van der Waals surface area contributed by atoms with Crippen LogP contribution in [0.2, 0.25) is 0 Å². The summed E-state index contributed by atoms with van der Waals surface area (Å²) in [6, 6.07) is 15.3. The molecule has 4 aromatic rings. The van der Waals surface area contributed by atoms with Crippen LogP contribution in [0.15, 0.2) is 54.9 Å². The molecule has 5 rings (SSSR count). The number of pyridine rings is 1. The summed E-state index contributed by atoms with van der Waals surface area (Å²) >= 11 is 0. The fourth-order valence-corrected chi connectivity index (χ4v) is 4.01. The second kappa shape index (κ2) is 11.0. The zero-order valence-corrected chi connectivity index (χ0v) is 20.6. The van der Waals surface area contributed by atoms with Crippen LogP contribution in [0.5, 0.6) is 17.4 Å². The predicted octanol–water partition coefficient (Wildman–Crippen LogP) is 4.07. The molecule has 1 fully saturated rings. The smallest absolute Gasteiger partial charge is 0.257 e. The summed E-state index contributed by atoms with van der Waals surface area (Å²) in [6.07, 6.45) is 3.37. The van der Waals surface area contributed by atoms with E-state index >= 15 is 0 Å². The molecule has 1 aliphatic rings. The van der Waals surface area contributed by atoms with E-state index in [4.69, 9.17) is 23.9 Å². The number of nitrogens with one attached hydrogen (secondary N) is 1. The summed E-state index contributed by atoms with van der Waals surface area (Å²) in [5.74, 6) is 2.34. The van der Waals surface area contributed by atoms with Gasteiger partial charge in [-0.05, 0) is 29.8 Å². The SMILES string of the molecule is COc1ccc(COc2ncc(Nc3ccc4ncc(N5CCOCC5)nc4c3C#N)cc2OC)cc1. The van der Waals surface area contributed by atoms with E-state index in [1.165, 1.54) is 0 Å². The fourth-order valence-electron chi connectivity index (χ4n) is 4.01. The molecular formula is C27H26N6O4. The van der Waals surface area contributed by atoms with Gasteiger partial charge in [0.15, 0.2) is 5.75 Å². The Balaban J connectivity index is 1.37. The summed E-state index contributed by atoms with van der Waals surface area (Å²) in [6.45, 7) is 3.08. The minimum atomic E-state index is 0.327. The molecule has 10 heteroatoms. The van der Waals surface area contributed by atoms with Crippen LogP contribution in [-0.2, 0) is 11.3 Å². The van der Waals surface area contributed by atoms with Gasteiger partial charge < -0.3 is 29.2 Å². The first-order valence-corrected chi connectivity index (χ1v) is 11.8. The predicted molar refractivity (Wildman–Crippen MR) is 139 cm³/mol. The maximum Gasteiger partial charge on any atom is 0.257 e. The van der Waals surface area contributed by atoms with Crippen molar-refractivity contribution in [2.45, 2.75) is 6.61 Å². The molecule has 2 aromatic carbocycles. The topological polar surface area (TPSA) is 115 Å². The lowest BCUT2D eigenvalue weighted by molar-refractivity contribution is 0.122. The van der Waals surface area contributed by atoms with Crippen molar-refractivity contribution in [2.24, 2.45) is 0 Å². The molecule has 0 unspecified atom stereocenters. The van der Waals surface area contributed by atoms with E-state index in [2.05, 4.69) is 26.3 Å². The first-order valence-electron chi connectivity index (χ1n) is 11.8. The molecule has 0 bridgehead atoms. The van der Waals surface area contributed by atoms with Gasteiger partial charge in [-0.2, -0.15) is 5.26 Å². The Bertz CT molecular complexity index is 1430. The molecule has 1 aliphatic heterocycles. The second-order valence-corrected chi connectivity index (χ2v) is 8.29. The summed E-state index contributed by atoms with van der Waals surface area (Å²) in [4.78, 5) is 15.8. The van der Waals surface area contributed by atoms with Crippen molar-refractivity contribution in [3.05, 3.63) is 66.0 Å². The number of anilines is 3. The number of hydrogen-bond acceptors (Lipinski definition) is 10. The van der Waals surface area contributed by atoms with Crippen LogP contribution in [0.4, 0.5) is 17.2 Å². The van der Waals surface area contributed by atoms with Gasteiger partial charge in [-0.1, -0.05) is 12.1 Å². The molecule has 0 saturated carbocycles. The van der Waals surface area contributed by atoms with Gasteiger partial charge in [0.25, 0.3) is 5.88 Å². The molecule has 10 nitrogen and oxygen atoms in total. The summed E-state index contributed by atoms with van der Waals surface area (Å²) < 4.78 is 22.0. The van der Waals surface area contributed by atoms with Crippen LogP contribution in [-0.4, -0.2) is 55.5 Å². The average Bonchev–Trinajstić information content (AvgIpc) is 2.96. The zero-order valence-electron chi connectivity index (χ0n) is 20.6. The van der Waals surface area contributed by atoms with E-state index in [1.807, 2.05) is 36.4 Å². The van der Waals surface area contributed by atoms with E-state index in [-0.39, 0.29) is 0 Å². The van der Waals surface area contributed by atoms with Crippen LogP contribution in [0, 0.1) is 11.3 Å². The minimum Gasteiger partial charge on any atom is -0.497 e. The van der Waals surface area contributed by atoms with Crippen molar-refractivity contribution in [1.29, 1.82) is 5.26 Å². The first-order chi connectivity index (χ1) is 18.2. The summed E-state index contributed by atoms with van der Waals surface area (Å²) in [7, 11) is 3.18. The molecule has 0 radical (unpaired) electrons. The molecule has 2 aromatic heterocycles. The van der Waals surface area contributed by atoms with Gasteiger partial charge >= 0.3 is 0 Å². The van der Waals surface area contributed by atoms with Gasteiger partial charge in [-0.3, -0.25) is 4.98 Å². The Kier molecular flexibility index (Phi) is 7.14. The third-order valence-electron chi connectivity index (χ3n) is 6.00. The van der Waals surface area contributed by atoms with Gasteiger partial charge in [0.2, 0.25) is 0 Å². The Hall–Kier alpha value is -4.62. The number of rotatable bonds is 8. The Morgan fingerprint density at radius 1 is 1.03 bits per heavy atom. The number of methoxy groups -OCH3 is 2. The number of morpholine rings is 1. The number of nitriles is 1. The highest BCUT2D eigenvalue weighted by molar-refractivity contribution is 5.89. The highest BCUT2D eigenvalue weighted by atomic mass is 16.5. The lowest BCUT2D eigenvalue weighted by Gasteiger charge is -2.27. The number of fused-ring (bicyclic) bond motifs is 1. The molecular weight excluding hydrogens is 472 g/mol. The van der Waals surface area contributed by atoms with Gasteiger partial charge in [-0.15, -0.1) is 0 Å². The maximum atomic E-state index is 9.99. The molecule has 3 heterocycles. The first kappa shape index (κ1) is 24.1. The zero-order chi connectivity index (χ0) is 25.6. The second-order valence-electron chi connectivity index (χ2n) is 8.29. The van der Waals surface area contributed by atoms with Crippen molar-refractivity contribution in [2.75, 3.05) is 50.7 Å². The summed E-state index contributed by atoms with van der Waals surface area (Å²) in [5, 5.41) is 13.3. The van der Waals surface area contributed by atoms with Crippen LogP contribution in [0.25, 0.3) is 11.0 Å². The molecule has 0 atom stereocenters. The Labute approximate surface area is 214 Å². The van der Waals surface area contributed by atoms with Crippen molar-refractivity contribution >= 4 is 28.2 Å². The van der Waals surface area contributed by atoms with Gasteiger partial charge in [0.05, 0.1) is 56.7 Å². The molecule has 1 saturated heterocycles. The molecule has 0 aliphatic carbocycles. The average molecular weight is 499 g/mol. The highest BCUT2D eigenvalue weighted by Crippen LogP contribution is 2.32. The Morgan fingerprint density at radius 3 is 2.57 bits per heavy atom. The van der Waals surface area contributed by atoms with Crippen molar-refractivity contribution < 1.29 is 18.9 Å². The van der Waals surface area contributed by atoms with E-state index in [0.29, 0.717) is 59.4 Å². The molecule has 0 spiro atoms. The number of aromatic nitrogens is 3.